The maximum Gasteiger partial charge on any atom is 0.326 e. The molecule has 0 radical (unpaired) electrons. The van der Waals surface area contributed by atoms with Crippen molar-refractivity contribution in [2.24, 2.45) is 5.92 Å². The first-order valence-electron chi connectivity index (χ1n) is 10.3. The molecule has 0 unspecified atom stereocenters. The van der Waals surface area contributed by atoms with Crippen LogP contribution in [0.4, 0.5) is 0 Å². The maximum atomic E-state index is 12.8. The zero-order chi connectivity index (χ0) is 22.0. The van der Waals surface area contributed by atoms with Gasteiger partial charge < -0.3 is 14.4 Å². The number of ether oxygens (including phenoxy) is 2. The van der Waals surface area contributed by atoms with Gasteiger partial charge in [-0.05, 0) is 46.5 Å². The minimum atomic E-state index is -0.665. The number of amides is 1. The Morgan fingerprint density at radius 2 is 1.69 bits per heavy atom. The number of thioether (sulfide) groups is 1. The summed E-state index contributed by atoms with van der Waals surface area (Å²) in [4.78, 5) is 49.8. The van der Waals surface area contributed by atoms with E-state index in [-0.39, 0.29) is 42.6 Å². The molecule has 1 aliphatic carbocycles. The van der Waals surface area contributed by atoms with Crippen molar-refractivity contribution >= 4 is 34.7 Å². The summed E-state index contributed by atoms with van der Waals surface area (Å²) in [5.74, 6) is -1.30. The summed E-state index contributed by atoms with van der Waals surface area (Å²) in [6, 6.07) is 0. The van der Waals surface area contributed by atoms with E-state index in [9.17, 15) is 19.2 Å². The Morgan fingerprint density at radius 3 is 2.24 bits per heavy atom. The molecule has 8 heteroatoms. The Labute approximate surface area is 178 Å². The van der Waals surface area contributed by atoms with Crippen LogP contribution in [-0.4, -0.2) is 58.4 Å². The summed E-state index contributed by atoms with van der Waals surface area (Å²) in [7, 11) is 0. The third-order valence-corrected chi connectivity index (χ3v) is 5.52. The van der Waals surface area contributed by atoms with Gasteiger partial charge in [0.2, 0.25) is 5.91 Å². The molecule has 1 saturated carbocycles. The van der Waals surface area contributed by atoms with E-state index in [1.807, 2.05) is 0 Å². The third-order valence-electron chi connectivity index (χ3n) is 4.45. The first-order valence-corrected chi connectivity index (χ1v) is 11.3. The van der Waals surface area contributed by atoms with Gasteiger partial charge in [0.15, 0.2) is 5.12 Å². The highest BCUT2D eigenvalue weighted by Crippen LogP contribution is 2.21. The summed E-state index contributed by atoms with van der Waals surface area (Å²) >= 11 is 1.07. The van der Waals surface area contributed by atoms with Gasteiger partial charge in [0, 0.05) is 25.1 Å². The van der Waals surface area contributed by atoms with Gasteiger partial charge in [-0.3, -0.25) is 19.2 Å². The predicted octanol–water partition coefficient (Wildman–Crippen LogP) is 3.34. The molecule has 7 nitrogen and oxygen atoms in total. The zero-order valence-electron chi connectivity index (χ0n) is 18.3. The Bertz CT molecular complexity index is 580. The first-order chi connectivity index (χ1) is 13.5. The highest BCUT2D eigenvalue weighted by Gasteiger charge is 2.27. The van der Waals surface area contributed by atoms with Crippen LogP contribution in [0.15, 0.2) is 0 Å². The molecule has 1 fully saturated rings. The second-order valence-electron chi connectivity index (χ2n) is 8.55. The lowest BCUT2D eigenvalue weighted by atomic mass is 9.98. The molecule has 1 rings (SSSR count). The van der Waals surface area contributed by atoms with Crippen LogP contribution in [0.25, 0.3) is 0 Å². The maximum absolute atomic E-state index is 12.8. The number of hydrogen-bond donors (Lipinski definition) is 0. The molecule has 1 amide bonds. The van der Waals surface area contributed by atoms with E-state index in [0.29, 0.717) is 5.75 Å². The van der Waals surface area contributed by atoms with Crippen molar-refractivity contribution < 1.29 is 28.7 Å². The number of carbonyl (C=O) groups is 4. The van der Waals surface area contributed by atoms with Gasteiger partial charge in [0.05, 0.1) is 6.42 Å². The third kappa shape index (κ3) is 11.3. The Balaban J connectivity index is 2.67. The molecule has 0 aromatic rings. The monoisotopic (exact) mass is 429 g/mol. The highest BCUT2D eigenvalue weighted by molar-refractivity contribution is 8.13. The smallest absolute Gasteiger partial charge is 0.326 e. The quantitative estimate of drug-likeness (QED) is 0.519. The number of hydrogen-bond acceptors (Lipinski definition) is 7. The fraction of sp³-hybridized carbons (Fsp3) is 0.810. The van der Waals surface area contributed by atoms with Crippen molar-refractivity contribution in [3.8, 4) is 0 Å². The minimum absolute atomic E-state index is 0.0254. The molecular weight excluding hydrogens is 394 g/mol. The number of esters is 2. The van der Waals surface area contributed by atoms with Gasteiger partial charge in [0.25, 0.3) is 0 Å². The first kappa shape index (κ1) is 25.5. The summed E-state index contributed by atoms with van der Waals surface area (Å²) in [6.45, 7) is 8.27. The van der Waals surface area contributed by atoms with E-state index in [4.69, 9.17) is 9.47 Å². The normalized spacial score (nSPS) is 16.0. The molecule has 0 N–H and O–H groups in total. The summed E-state index contributed by atoms with van der Waals surface area (Å²) in [5, 5.41) is -0.0700. The Kier molecular flexibility index (Phi) is 10.7. The molecule has 0 aliphatic heterocycles. The molecule has 0 heterocycles. The SMILES string of the molecule is CC(=O)SC[C@@H](C)C(=O)N(CCC(=O)OC1CCCCC1)CC(=O)OC(C)(C)C. The predicted molar refractivity (Wildman–Crippen MR) is 112 cm³/mol. The van der Waals surface area contributed by atoms with Crippen LogP contribution in [-0.2, 0) is 28.7 Å². The Morgan fingerprint density at radius 1 is 1.07 bits per heavy atom. The number of nitrogens with zero attached hydrogens (tertiary/aromatic N) is 1. The number of carbonyl (C=O) groups excluding carboxylic acids is 4. The molecule has 0 spiro atoms. The largest absolute Gasteiger partial charge is 0.462 e. The topological polar surface area (TPSA) is 90.0 Å². The van der Waals surface area contributed by atoms with Crippen molar-refractivity contribution in [3.63, 3.8) is 0 Å². The molecule has 0 aromatic carbocycles. The van der Waals surface area contributed by atoms with Crippen molar-refractivity contribution in [1.82, 2.24) is 4.90 Å². The highest BCUT2D eigenvalue weighted by atomic mass is 32.2. The average Bonchev–Trinajstić information content (AvgIpc) is 2.61. The molecule has 1 atom stereocenters. The fourth-order valence-corrected chi connectivity index (χ4v) is 3.70. The van der Waals surface area contributed by atoms with E-state index in [0.717, 1.165) is 37.4 Å². The second-order valence-corrected chi connectivity index (χ2v) is 9.75. The van der Waals surface area contributed by atoms with Gasteiger partial charge in [0.1, 0.15) is 18.2 Å². The van der Waals surface area contributed by atoms with Gasteiger partial charge in [-0.1, -0.05) is 25.1 Å². The standard InChI is InChI=1S/C21H35NO6S/c1-15(14-29-16(2)23)20(26)22(13-19(25)28-21(3,4)5)12-11-18(24)27-17-9-7-6-8-10-17/h15,17H,6-14H2,1-5H3/t15-/m1/s1. The minimum Gasteiger partial charge on any atom is -0.462 e. The zero-order valence-corrected chi connectivity index (χ0v) is 19.1. The van der Waals surface area contributed by atoms with Crippen LogP contribution < -0.4 is 0 Å². The van der Waals surface area contributed by atoms with Gasteiger partial charge in [-0.25, -0.2) is 0 Å². The van der Waals surface area contributed by atoms with Crippen LogP contribution in [0.3, 0.4) is 0 Å². The average molecular weight is 430 g/mol. The molecule has 0 saturated heterocycles. The van der Waals surface area contributed by atoms with Crippen LogP contribution in [0, 0.1) is 5.92 Å². The van der Waals surface area contributed by atoms with E-state index < -0.39 is 17.5 Å². The van der Waals surface area contributed by atoms with E-state index in [1.54, 1.807) is 27.7 Å². The van der Waals surface area contributed by atoms with E-state index >= 15 is 0 Å². The fourth-order valence-electron chi connectivity index (χ4n) is 3.08. The molecule has 0 bridgehead atoms. The van der Waals surface area contributed by atoms with E-state index in [1.165, 1.54) is 18.2 Å². The van der Waals surface area contributed by atoms with Crippen LogP contribution in [0.2, 0.25) is 0 Å². The molecule has 0 aromatic heterocycles. The van der Waals surface area contributed by atoms with Crippen molar-refractivity contribution in [1.29, 1.82) is 0 Å². The molecule has 1 aliphatic rings. The van der Waals surface area contributed by atoms with Gasteiger partial charge >= 0.3 is 11.9 Å². The molecule has 29 heavy (non-hydrogen) atoms. The summed E-state index contributed by atoms with van der Waals surface area (Å²) in [5.41, 5.74) is -0.665. The van der Waals surface area contributed by atoms with Gasteiger partial charge in [-0.2, -0.15) is 0 Å². The Hall–Kier alpha value is -1.57. The van der Waals surface area contributed by atoms with Gasteiger partial charge in [-0.15, -0.1) is 0 Å². The van der Waals surface area contributed by atoms with E-state index in [2.05, 4.69) is 0 Å². The lowest BCUT2D eigenvalue weighted by Gasteiger charge is -2.27. The van der Waals surface area contributed by atoms with Crippen LogP contribution in [0.5, 0.6) is 0 Å². The van der Waals surface area contributed by atoms with Crippen molar-refractivity contribution in [2.75, 3.05) is 18.8 Å². The molecular formula is C21H35NO6S. The van der Waals surface area contributed by atoms with Crippen LogP contribution in [0.1, 0.15) is 73.1 Å². The van der Waals surface area contributed by atoms with Crippen molar-refractivity contribution in [2.45, 2.75) is 84.8 Å². The number of rotatable bonds is 9. The lowest BCUT2D eigenvalue weighted by Crippen LogP contribution is -2.43. The summed E-state index contributed by atoms with van der Waals surface area (Å²) in [6.07, 6.45) is 5.04. The lowest BCUT2D eigenvalue weighted by molar-refractivity contribution is -0.160. The second kappa shape index (κ2) is 12.2. The van der Waals surface area contributed by atoms with Crippen molar-refractivity contribution in [3.05, 3.63) is 0 Å². The molecule has 166 valence electrons. The van der Waals surface area contributed by atoms with Crippen LogP contribution >= 0.6 is 11.8 Å². The summed E-state index contributed by atoms with van der Waals surface area (Å²) < 4.78 is 10.8.